The van der Waals surface area contributed by atoms with E-state index in [1.807, 2.05) is 0 Å². The molecule has 0 fully saturated rings. The number of halogens is 2. The third kappa shape index (κ3) is 4.33. The molecule has 0 radical (unpaired) electrons. The van der Waals surface area contributed by atoms with E-state index in [0.29, 0.717) is 5.56 Å². The van der Waals surface area contributed by atoms with Crippen LogP contribution in [0.5, 0.6) is 17.2 Å². The van der Waals surface area contributed by atoms with Crippen molar-refractivity contribution in [3.63, 3.8) is 0 Å². The van der Waals surface area contributed by atoms with Gasteiger partial charge < -0.3 is 14.2 Å². The number of methoxy groups -OCH3 is 3. The Kier molecular flexibility index (Phi) is 5.99. The van der Waals surface area contributed by atoms with Crippen molar-refractivity contribution in [1.82, 2.24) is 0 Å². The van der Waals surface area contributed by atoms with Crippen LogP contribution < -0.4 is 14.2 Å². The van der Waals surface area contributed by atoms with Crippen LogP contribution in [-0.4, -0.2) is 26.3 Å². The van der Waals surface area contributed by atoms with Gasteiger partial charge in [-0.05, 0) is 17.7 Å². The van der Waals surface area contributed by atoms with Crippen molar-refractivity contribution in [2.45, 2.75) is 12.8 Å². The predicted octanol–water partition coefficient (Wildman–Crippen LogP) is 4.90. The molecule has 0 aliphatic rings. The second kappa shape index (κ2) is 8.03. The van der Waals surface area contributed by atoms with Crippen molar-refractivity contribution in [2.75, 3.05) is 21.3 Å². The number of benzene rings is 2. The number of ether oxygens (including phenoxy) is 3. The third-order valence-corrected chi connectivity index (χ3v) is 3.89. The van der Waals surface area contributed by atoms with Crippen LogP contribution in [0.15, 0.2) is 30.3 Å². The molecule has 144 valence electrons. The molecule has 27 heavy (non-hydrogen) atoms. The minimum atomic E-state index is -2.93. The van der Waals surface area contributed by atoms with Crippen LogP contribution in [0.3, 0.4) is 0 Å². The number of rotatable bonds is 7. The highest BCUT2D eigenvalue weighted by Gasteiger charge is 2.28. The lowest BCUT2D eigenvalue weighted by atomic mass is 10.1. The van der Waals surface area contributed by atoms with Gasteiger partial charge in [-0.25, -0.2) is 8.78 Å². The standard InChI is InChI=1S/C19H19F2NO5/c1-19(20,21)14-9-6-12(7-10-14)5-8-13-11-15(25-2)17(26-3)18(27-4)16(13)22(23)24/h5-11H,1-4H3/b8-5-. The molecule has 0 N–H and O–H groups in total. The van der Waals surface area contributed by atoms with Gasteiger partial charge in [0.1, 0.15) is 0 Å². The maximum Gasteiger partial charge on any atom is 0.322 e. The summed E-state index contributed by atoms with van der Waals surface area (Å²) >= 11 is 0. The molecular formula is C19H19F2NO5. The van der Waals surface area contributed by atoms with Gasteiger partial charge in [-0.3, -0.25) is 10.1 Å². The molecule has 0 heterocycles. The van der Waals surface area contributed by atoms with E-state index in [4.69, 9.17) is 14.2 Å². The van der Waals surface area contributed by atoms with E-state index in [0.717, 1.165) is 6.92 Å². The molecule has 0 saturated heterocycles. The number of nitro groups is 1. The molecule has 0 aliphatic heterocycles. The van der Waals surface area contributed by atoms with Crippen molar-refractivity contribution in [2.24, 2.45) is 0 Å². The molecule has 0 aliphatic carbocycles. The average molecular weight is 379 g/mol. The Morgan fingerprint density at radius 2 is 1.59 bits per heavy atom. The Hall–Kier alpha value is -3.16. The van der Waals surface area contributed by atoms with Crippen LogP contribution >= 0.6 is 0 Å². The fourth-order valence-corrected chi connectivity index (χ4v) is 2.55. The zero-order chi connectivity index (χ0) is 20.2. The summed E-state index contributed by atoms with van der Waals surface area (Å²) < 4.78 is 42.1. The fraction of sp³-hybridized carbons (Fsp3) is 0.263. The Morgan fingerprint density at radius 3 is 2.04 bits per heavy atom. The molecule has 0 bridgehead atoms. The van der Waals surface area contributed by atoms with Gasteiger partial charge in [0.05, 0.1) is 31.8 Å². The number of alkyl halides is 2. The quantitative estimate of drug-likeness (QED) is 0.389. The van der Waals surface area contributed by atoms with Gasteiger partial charge in [0.15, 0.2) is 5.75 Å². The van der Waals surface area contributed by atoms with Gasteiger partial charge in [-0.2, -0.15) is 0 Å². The first-order valence-electron chi connectivity index (χ1n) is 7.86. The lowest BCUT2D eigenvalue weighted by molar-refractivity contribution is -0.386. The molecular weight excluding hydrogens is 360 g/mol. The van der Waals surface area contributed by atoms with Crippen molar-refractivity contribution in [3.05, 3.63) is 57.1 Å². The summed E-state index contributed by atoms with van der Waals surface area (Å²) in [5.41, 5.74) is 0.423. The topological polar surface area (TPSA) is 70.8 Å². The lowest BCUT2D eigenvalue weighted by Gasteiger charge is -2.13. The van der Waals surface area contributed by atoms with E-state index in [2.05, 4.69) is 0 Å². The van der Waals surface area contributed by atoms with E-state index in [1.54, 1.807) is 6.08 Å². The summed E-state index contributed by atoms with van der Waals surface area (Å²) in [7, 11) is 4.05. The van der Waals surface area contributed by atoms with Crippen molar-refractivity contribution in [3.8, 4) is 17.2 Å². The van der Waals surface area contributed by atoms with E-state index < -0.39 is 10.8 Å². The summed E-state index contributed by atoms with van der Waals surface area (Å²) in [6, 6.07) is 7.08. The van der Waals surface area contributed by atoms with E-state index in [-0.39, 0.29) is 34.1 Å². The zero-order valence-corrected chi connectivity index (χ0v) is 15.3. The molecule has 8 heteroatoms. The Balaban J connectivity index is 2.51. The van der Waals surface area contributed by atoms with E-state index in [1.165, 1.54) is 57.7 Å². The highest BCUT2D eigenvalue weighted by molar-refractivity contribution is 5.80. The fourth-order valence-electron chi connectivity index (χ4n) is 2.55. The average Bonchev–Trinajstić information content (AvgIpc) is 2.64. The number of hydrogen-bond acceptors (Lipinski definition) is 5. The van der Waals surface area contributed by atoms with Crippen LogP contribution in [-0.2, 0) is 5.92 Å². The van der Waals surface area contributed by atoms with Crippen LogP contribution in [0.4, 0.5) is 14.5 Å². The van der Waals surface area contributed by atoms with E-state index >= 15 is 0 Å². The molecule has 0 unspecified atom stereocenters. The minimum absolute atomic E-state index is 0.0672. The van der Waals surface area contributed by atoms with Crippen molar-refractivity contribution >= 4 is 17.8 Å². The summed E-state index contributed by atoms with van der Waals surface area (Å²) in [4.78, 5) is 11.0. The van der Waals surface area contributed by atoms with Gasteiger partial charge in [-0.15, -0.1) is 0 Å². The number of nitrogens with zero attached hydrogens (tertiary/aromatic N) is 1. The molecule has 2 aromatic carbocycles. The first-order valence-corrected chi connectivity index (χ1v) is 7.86. The smallest absolute Gasteiger partial charge is 0.322 e. The normalized spacial score (nSPS) is 11.5. The highest BCUT2D eigenvalue weighted by atomic mass is 19.3. The first kappa shape index (κ1) is 20.2. The monoisotopic (exact) mass is 379 g/mol. The first-order chi connectivity index (χ1) is 12.7. The van der Waals surface area contributed by atoms with Gasteiger partial charge in [0, 0.05) is 12.5 Å². The van der Waals surface area contributed by atoms with Gasteiger partial charge >= 0.3 is 5.69 Å². The Morgan fingerprint density at radius 1 is 1.00 bits per heavy atom. The van der Waals surface area contributed by atoms with Crippen LogP contribution in [0, 0.1) is 10.1 Å². The zero-order valence-electron chi connectivity index (χ0n) is 15.3. The molecule has 2 rings (SSSR count). The van der Waals surface area contributed by atoms with Crippen molar-refractivity contribution < 1.29 is 27.9 Å². The molecule has 0 saturated carbocycles. The van der Waals surface area contributed by atoms with Gasteiger partial charge in [-0.1, -0.05) is 30.3 Å². The maximum absolute atomic E-state index is 13.3. The molecule has 0 atom stereocenters. The maximum atomic E-state index is 13.3. The van der Waals surface area contributed by atoms with Gasteiger partial charge in [0.25, 0.3) is 5.92 Å². The van der Waals surface area contributed by atoms with Crippen LogP contribution in [0.1, 0.15) is 23.6 Å². The second-order valence-corrected chi connectivity index (χ2v) is 5.68. The molecule has 0 amide bonds. The lowest BCUT2D eigenvalue weighted by Crippen LogP contribution is -2.06. The summed E-state index contributed by atoms with van der Waals surface area (Å²) in [5, 5.41) is 11.5. The van der Waals surface area contributed by atoms with Gasteiger partial charge in [0.2, 0.25) is 11.5 Å². The predicted molar refractivity (Wildman–Crippen MR) is 97.7 cm³/mol. The van der Waals surface area contributed by atoms with Crippen LogP contribution in [0.25, 0.3) is 12.2 Å². The summed E-state index contributed by atoms with van der Waals surface area (Å²) in [6.45, 7) is 0.817. The highest BCUT2D eigenvalue weighted by Crippen LogP contribution is 2.46. The summed E-state index contributed by atoms with van der Waals surface area (Å²) in [5.74, 6) is -2.63. The number of nitro benzene ring substituents is 1. The third-order valence-electron chi connectivity index (χ3n) is 3.89. The molecule has 6 nitrogen and oxygen atoms in total. The summed E-state index contributed by atoms with van der Waals surface area (Å²) in [6.07, 6.45) is 3.06. The van der Waals surface area contributed by atoms with E-state index in [9.17, 15) is 18.9 Å². The Labute approximate surface area is 155 Å². The Bertz CT molecular complexity index is 858. The minimum Gasteiger partial charge on any atom is -0.493 e. The largest absolute Gasteiger partial charge is 0.493 e. The van der Waals surface area contributed by atoms with Crippen molar-refractivity contribution in [1.29, 1.82) is 0 Å². The SMILES string of the molecule is COc1cc(/C=C\c2ccc(C(C)(F)F)cc2)c([N+](=O)[O-])c(OC)c1OC. The number of hydrogen-bond donors (Lipinski definition) is 0. The van der Waals surface area contributed by atoms with Crippen LogP contribution in [0.2, 0.25) is 0 Å². The molecule has 0 aromatic heterocycles. The second-order valence-electron chi connectivity index (χ2n) is 5.68. The molecule has 0 spiro atoms. The molecule has 2 aromatic rings.